The summed E-state index contributed by atoms with van der Waals surface area (Å²) in [4.78, 5) is 23.9. The number of benzene rings is 2. The number of hydrogen-bond acceptors (Lipinski definition) is 4. The van der Waals surface area contributed by atoms with Gasteiger partial charge in [-0.05, 0) is 62.2 Å². The first-order chi connectivity index (χ1) is 13.0. The van der Waals surface area contributed by atoms with Crippen LogP contribution < -0.4 is 10.2 Å². The molecule has 0 aliphatic carbocycles. The lowest BCUT2D eigenvalue weighted by molar-refractivity contribution is 0.0976. The molecule has 1 aromatic heterocycles. The number of carbonyl (C=O) groups is 1. The predicted molar refractivity (Wildman–Crippen MR) is 108 cm³/mol. The average Bonchev–Trinajstić information content (AvgIpc) is 2.98. The SMILES string of the molecule is Cc1cc(C(=O)N2c3ccccc3CC2C)nc(Nc2ccc(Cl)cc2)n1. The molecule has 0 fully saturated rings. The summed E-state index contributed by atoms with van der Waals surface area (Å²) >= 11 is 5.93. The molecule has 0 saturated heterocycles. The Hall–Kier alpha value is -2.92. The molecule has 1 amide bonds. The van der Waals surface area contributed by atoms with E-state index < -0.39 is 0 Å². The van der Waals surface area contributed by atoms with Gasteiger partial charge in [0.25, 0.3) is 5.91 Å². The molecule has 3 aromatic rings. The van der Waals surface area contributed by atoms with Crippen molar-refractivity contribution in [3.63, 3.8) is 0 Å². The van der Waals surface area contributed by atoms with Gasteiger partial charge in [0.15, 0.2) is 0 Å². The van der Waals surface area contributed by atoms with Gasteiger partial charge < -0.3 is 10.2 Å². The molecule has 0 bridgehead atoms. The zero-order chi connectivity index (χ0) is 19.0. The molecule has 1 unspecified atom stereocenters. The molecule has 27 heavy (non-hydrogen) atoms. The molecule has 1 aliphatic rings. The second-order valence-corrected chi connectivity index (χ2v) is 7.14. The van der Waals surface area contributed by atoms with Crippen LogP contribution in [-0.2, 0) is 6.42 Å². The normalized spacial score (nSPS) is 15.5. The maximum Gasteiger partial charge on any atom is 0.277 e. The standard InChI is InChI=1S/C21H19ClN4O/c1-13-11-18(25-21(23-13)24-17-9-7-16(22)8-10-17)20(27)26-14(2)12-15-5-3-4-6-19(15)26/h3-11,14H,12H2,1-2H3,(H,23,24,25). The molecule has 0 saturated carbocycles. The van der Waals surface area contributed by atoms with E-state index in [0.717, 1.165) is 23.5 Å². The summed E-state index contributed by atoms with van der Waals surface area (Å²) in [6.45, 7) is 3.91. The number of anilines is 3. The molecule has 4 rings (SSSR count). The fraction of sp³-hybridized carbons (Fsp3) is 0.190. The Kier molecular flexibility index (Phi) is 4.54. The summed E-state index contributed by atoms with van der Waals surface area (Å²) in [7, 11) is 0. The van der Waals surface area contributed by atoms with Crippen LogP contribution in [0.5, 0.6) is 0 Å². The highest BCUT2D eigenvalue weighted by Gasteiger charge is 2.32. The molecule has 0 radical (unpaired) electrons. The Bertz CT molecular complexity index is 1000. The third-order valence-electron chi connectivity index (χ3n) is 4.60. The van der Waals surface area contributed by atoms with Gasteiger partial charge in [-0.2, -0.15) is 0 Å². The van der Waals surface area contributed by atoms with Crippen molar-refractivity contribution in [1.29, 1.82) is 0 Å². The number of nitrogens with one attached hydrogen (secondary N) is 1. The second kappa shape index (κ2) is 7.00. The van der Waals surface area contributed by atoms with Crippen LogP contribution in [0.2, 0.25) is 5.02 Å². The van der Waals surface area contributed by atoms with Crippen LogP contribution in [-0.4, -0.2) is 21.9 Å². The molecular weight excluding hydrogens is 360 g/mol. The molecular formula is C21H19ClN4O. The molecule has 1 N–H and O–H groups in total. The molecule has 2 heterocycles. The summed E-state index contributed by atoms with van der Waals surface area (Å²) in [5.41, 5.74) is 4.05. The number of aromatic nitrogens is 2. The van der Waals surface area contributed by atoms with E-state index in [0.29, 0.717) is 16.7 Å². The molecule has 1 aliphatic heterocycles. The van der Waals surface area contributed by atoms with Gasteiger partial charge in [0.05, 0.1) is 0 Å². The Morgan fingerprint density at radius 3 is 2.67 bits per heavy atom. The van der Waals surface area contributed by atoms with Crippen LogP contribution in [0.15, 0.2) is 54.6 Å². The number of fused-ring (bicyclic) bond motifs is 1. The van der Waals surface area contributed by atoms with E-state index in [2.05, 4.69) is 28.3 Å². The average molecular weight is 379 g/mol. The van der Waals surface area contributed by atoms with Gasteiger partial charge in [-0.3, -0.25) is 4.79 Å². The number of carbonyl (C=O) groups excluding carboxylic acids is 1. The van der Waals surface area contributed by atoms with Crippen LogP contribution in [0, 0.1) is 6.92 Å². The highest BCUT2D eigenvalue weighted by atomic mass is 35.5. The molecule has 1 atom stereocenters. The minimum Gasteiger partial charge on any atom is -0.324 e. The minimum absolute atomic E-state index is 0.0952. The summed E-state index contributed by atoms with van der Waals surface area (Å²) in [6, 6.07) is 17.1. The van der Waals surface area contributed by atoms with Crippen molar-refractivity contribution in [2.45, 2.75) is 26.3 Å². The zero-order valence-corrected chi connectivity index (χ0v) is 15.9. The van der Waals surface area contributed by atoms with Gasteiger partial charge >= 0.3 is 0 Å². The van der Waals surface area contributed by atoms with Crippen LogP contribution >= 0.6 is 11.6 Å². The first kappa shape index (κ1) is 17.5. The first-order valence-electron chi connectivity index (χ1n) is 8.81. The topological polar surface area (TPSA) is 58.1 Å². The van der Waals surface area contributed by atoms with Crippen molar-refractivity contribution >= 4 is 34.8 Å². The van der Waals surface area contributed by atoms with Crippen LogP contribution in [0.25, 0.3) is 0 Å². The van der Waals surface area contributed by atoms with Crippen LogP contribution in [0.3, 0.4) is 0 Å². The Balaban J connectivity index is 1.65. The van der Waals surface area contributed by atoms with Crippen molar-refractivity contribution < 1.29 is 4.79 Å². The second-order valence-electron chi connectivity index (χ2n) is 6.71. The number of rotatable bonds is 3. The first-order valence-corrected chi connectivity index (χ1v) is 9.19. The lowest BCUT2D eigenvalue weighted by Gasteiger charge is -2.22. The Morgan fingerprint density at radius 1 is 1.15 bits per heavy atom. The van der Waals surface area contributed by atoms with E-state index >= 15 is 0 Å². The fourth-order valence-electron chi connectivity index (χ4n) is 3.39. The molecule has 5 nitrogen and oxygen atoms in total. The largest absolute Gasteiger partial charge is 0.324 e. The highest BCUT2D eigenvalue weighted by Crippen LogP contribution is 2.33. The fourth-order valence-corrected chi connectivity index (χ4v) is 3.52. The van der Waals surface area contributed by atoms with Gasteiger partial charge in [0.1, 0.15) is 5.69 Å². The van der Waals surface area contributed by atoms with Crippen molar-refractivity contribution in [3.05, 3.63) is 76.6 Å². The van der Waals surface area contributed by atoms with Crippen LogP contribution in [0.1, 0.15) is 28.7 Å². The number of aryl methyl sites for hydroxylation is 1. The maximum atomic E-state index is 13.2. The van der Waals surface area contributed by atoms with E-state index in [1.54, 1.807) is 18.2 Å². The molecule has 136 valence electrons. The highest BCUT2D eigenvalue weighted by molar-refractivity contribution is 6.30. The minimum atomic E-state index is -0.114. The van der Waals surface area contributed by atoms with E-state index in [9.17, 15) is 4.79 Å². The summed E-state index contributed by atoms with van der Waals surface area (Å²) < 4.78 is 0. The molecule has 6 heteroatoms. The smallest absolute Gasteiger partial charge is 0.277 e. The van der Waals surface area contributed by atoms with Gasteiger partial charge in [-0.25, -0.2) is 9.97 Å². The third-order valence-corrected chi connectivity index (χ3v) is 4.85. The summed E-state index contributed by atoms with van der Waals surface area (Å²) in [5.74, 6) is 0.276. The maximum absolute atomic E-state index is 13.2. The van der Waals surface area contributed by atoms with Crippen LogP contribution in [0.4, 0.5) is 17.3 Å². The molecule has 2 aromatic carbocycles. The number of halogens is 1. The quantitative estimate of drug-likeness (QED) is 0.713. The summed E-state index contributed by atoms with van der Waals surface area (Å²) in [6.07, 6.45) is 0.849. The van der Waals surface area contributed by atoms with Crippen molar-refractivity contribution in [2.24, 2.45) is 0 Å². The van der Waals surface area contributed by atoms with E-state index in [1.165, 1.54) is 5.56 Å². The number of amides is 1. The van der Waals surface area contributed by atoms with Gasteiger partial charge in [-0.15, -0.1) is 0 Å². The summed E-state index contributed by atoms with van der Waals surface area (Å²) in [5, 5.41) is 3.79. The van der Waals surface area contributed by atoms with Crippen molar-refractivity contribution in [3.8, 4) is 0 Å². The van der Waals surface area contributed by atoms with E-state index in [4.69, 9.17) is 11.6 Å². The van der Waals surface area contributed by atoms with Gasteiger partial charge in [-0.1, -0.05) is 29.8 Å². The van der Waals surface area contributed by atoms with E-state index in [-0.39, 0.29) is 11.9 Å². The number of para-hydroxylation sites is 1. The lowest BCUT2D eigenvalue weighted by Crippen LogP contribution is -2.36. The lowest BCUT2D eigenvalue weighted by atomic mass is 10.1. The van der Waals surface area contributed by atoms with Gasteiger partial charge in [0.2, 0.25) is 5.95 Å². The predicted octanol–water partition coefficient (Wildman–Crippen LogP) is 4.77. The number of nitrogens with zero attached hydrogens (tertiary/aromatic N) is 3. The number of hydrogen-bond donors (Lipinski definition) is 1. The molecule has 0 spiro atoms. The Labute approximate surface area is 163 Å². The van der Waals surface area contributed by atoms with Crippen molar-refractivity contribution in [2.75, 3.05) is 10.2 Å². The monoisotopic (exact) mass is 378 g/mol. The zero-order valence-electron chi connectivity index (χ0n) is 15.1. The van der Waals surface area contributed by atoms with Crippen molar-refractivity contribution in [1.82, 2.24) is 9.97 Å². The van der Waals surface area contributed by atoms with Gasteiger partial charge in [0, 0.05) is 28.1 Å². The van der Waals surface area contributed by atoms with E-state index in [1.807, 2.05) is 42.2 Å². The Morgan fingerprint density at radius 2 is 1.89 bits per heavy atom. The third kappa shape index (κ3) is 3.51.